The zero-order valence-corrected chi connectivity index (χ0v) is 15.5. The molecule has 1 aromatic rings. The van der Waals surface area contributed by atoms with E-state index >= 15 is 0 Å². The van der Waals surface area contributed by atoms with Crippen LogP contribution in [-0.2, 0) is 10.0 Å². The Morgan fingerprint density at radius 2 is 1.91 bits per heavy atom. The molecule has 0 radical (unpaired) electrons. The molecule has 134 valence electrons. The minimum atomic E-state index is -3.56. The first-order valence-corrected chi connectivity index (χ1v) is 8.66. The number of rotatable bonds is 6. The molecule has 0 amide bonds. The highest BCUT2D eigenvalue weighted by Gasteiger charge is 2.17. The number of hydrogen-bond donors (Lipinski definition) is 2. The summed E-state index contributed by atoms with van der Waals surface area (Å²) in [6.45, 7) is 6.85. The summed E-state index contributed by atoms with van der Waals surface area (Å²) in [5, 5.41) is 3.28. The topological polar surface area (TPSA) is 61.4 Å². The van der Waals surface area contributed by atoms with Crippen molar-refractivity contribution in [2.75, 3.05) is 39.3 Å². The number of hydrogen-bond acceptors (Lipinski definition) is 4. The molecule has 1 aliphatic rings. The molecule has 1 heterocycles. The quantitative estimate of drug-likeness (QED) is 0.726. The van der Waals surface area contributed by atoms with Gasteiger partial charge in [-0.3, -0.25) is 0 Å². The second kappa shape index (κ2) is 10.4. The SMILES string of the molecule is Cc1cc(F)ccc1S(=O)(=O)NCCCN1CCNCC1.Cl.Cl. The Morgan fingerprint density at radius 1 is 1.26 bits per heavy atom. The maximum atomic E-state index is 13.0. The normalized spacial score (nSPS) is 15.6. The Morgan fingerprint density at radius 3 is 2.52 bits per heavy atom. The summed E-state index contributed by atoms with van der Waals surface area (Å²) < 4.78 is 39.9. The molecule has 1 aliphatic heterocycles. The van der Waals surface area contributed by atoms with Crippen LogP contribution in [0.3, 0.4) is 0 Å². The molecule has 1 saturated heterocycles. The number of piperazine rings is 1. The van der Waals surface area contributed by atoms with E-state index in [1.54, 1.807) is 6.92 Å². The second-order valence-electron chi connectivity index (χ2n) is 5.25. The summed E-state index contributed by atoms with van der Waals surface area (Å²) in [4.78, 5) is 2.46. The van der Waals surface area contributed by atoms with Gasteiger partial charge in [-0.05, 0) is 43.7 Å². The highest BCUT2D eigenvalue weighted by molar-refractivity contribution is 7.89. The molecule has 0 atom stereocenters. The van der Waals surface area contributed by atoms with Gasteiger partial charge in [0, 0.05) is 32.7 Å². The summed E-state index contributed by atoms with van der Waals surface area (Å²) in [5.74, 6) is -0.426. The van der Waals surface area contributed by atoms with Gasteiger partial charge in [-0.25, -0.2) is 17.5 Å². The molecular formula is C14H24Cl2FN3O2S. The highest BCUT2D eigenvalue weighted by Crippen LogP contribution is 2.15. The van der Waals surface area contributed by atoms with E-state index < -0.39 is 15.8 Å². The van der Waals surface area contributed by atoms with E-state index in [9.17, 15) is 12.8 Å². The van der Waals surface area contributed by atoms with Crippen molar-refractivity contribution in [3.63, 3.8) is 0 Å². The van der Waals surface area contributed by atoms with Crippen LogP contribution in [0.4, 0.5) is 4.39 Å². The zero-order valence-electron chi connectivity index (χ0n) is 13.0. The summed E-state index contributed by atoms with van der Waals surface area (Å²) in [6.07, 6.45) is 0.763. The van der Waals surface area contributed by atoms with Gasteiger partial charge in [-0.2, -0.15) is 0 Å². The molecule has 0 aromatic heterocycles. The standard InChI is InChI=1S/C14H22FN3O2S.2ClH/c1-12-11-13(15)3-4-14(12)21(19,20)17-5-2-8-18-9-6-16-7-10-18;;/h3-4,11,16-17H,2,5-10H2,1H3;2*1H. The largest absolute Gasteiger partial charge is 0.314 e. The molecule has 0 saturated carbocycles. The first kappa shape index (κ1) is 22.6. The number of nitrogens with zero attached hydrogens (tertiary/aromatic N) is 1. The van der Waals surface area contributed by atoms with Crippen molar-refractivity contribution in [2.45, 2.75) is 18.2 Å². The molecule has 2 rings (SSSR count). The van der Waals surface area contributed by atoms with Gasteiger partial charge >= 0.3 is 0 Å². The molecule has 2 N–H and O–H groups in total. The minimum absolute atomic E-state index is 0. The van der Waals surface area contributed by atoms with Gasteiger partial charge in [-0.1, -0.05) is 0 Å². The van der Waals surface area contributed by atoms with Crippen LogP contribution >= 0.6 is 24.8 Å². The number of benzene rings is 1. The number of aryl methyl sites for hydroxylation is 1. The molecule has 1 fully saturated rings. The van der Waals surface area contributed by atoms with E-state index in [1.807, 2.05) is 0 Å². The summed E-state index contributed by atoms with van der Waals surface area (Å²) in [5.41, 5.74) is 0.421. The number of nitrogens with one attached hydrogen (secondary N) is 2. The molecular weight excluding hydrogens is 364 g/mol. The van der Waals surface area contributed by atoms with Crippen LogP contribution in [0.25, 0.3) is 0 Å². The van der Waals surface area contributed by atoms with Crippen LogP contribution in [0.15, 0.2) is 23.1 Å². The molecule has 0 unspecified atom stereocenters. The Bertz CT molecular complexity index is 581. The second-order valence-corrected chi connectivity index (χ2v) is 6.99. The lowest BCUT2D eigenvalue weighted by Crippen LogP contribution is -2.44. The van der Waals surface area contributed by atoms with Crippen LogP contribution in [0, 0.1) is 12.7 Å². The van der Waals surface area contributed by atoms with Gasteiger partial charge in [0.05, 0.1) is 4.90 Å². The third kappa shape index (κ3) is 6.91. The first-order valence-electron chi connectivity index (χ1n) is 7.18. The van der Waals surface area contributed by atoms with Crippen LogP contribution in [0.1, 0.15) is 12.0 Å². The molecule has 0 aliphatic carbocycles. The van der Waals surface area contributed by atoms with E-state index in [1.165, 1.54) is 18.2 Å². The number of sulfonamides is 1. The summed E-state index contributed by atoms with van der Waals surface area (Å²) in [7, 11) is -3.56. The van der Waals surface area contributed by atoms with Crippen molar-refractivity contribution >= 4 is 34.8 Å². The van der Waals surface area contributed by atoms with Crippen molar-refractivity contribution in [3.05, 3.63) is 29.6 Å². The molecule has 0 spiro atoms. The lowest BCUT2D eigenvalue weighted by atomic mass is 10.2. The first-order chi connectivity index (χ1) is 9.99. The fourth-order valence-electron chi connectivity index (χ4n) is 2.44. The van der Waals surface area contributed by atoms with Crippen molar-refractivity contribution in [2.24, 2.45) is 0 Å². The minimum Gasteiger partial charge on any atom is -0.314 e. The van der Waals surface area contributed by atoms with Gasteiger partial charge in [0.1, 0.15) is 5.82 Å². The molecule has 1 aromatic carbocycles. The maximum absolute atomic E-state index is 13.0. The Hall–Kier alpha value is -0.440. The summed E-state index contributed by atoms with van der Waals surface area (Å²) in [6, 6.07) is 3.71. The van der Waals surface area contributed by atoms with E-state index in [0.29, 0.717) is 12.1 Å². The van der Waals surface area contributed by atoms with Crippen molar-refractivity contribution in [1.82, 2.24) is 14.9 Å². The predicted molar refractivity (Wildman–Crippen MR) is 94.7 cm³/mol. The fraction of sp³-hybridized carbons (Fsp3) is 0.571. The van der Waals surface area contributed by atoms with Crippen molar-refractivity contribution in [3.8, 4) is 0 Å². The lowest BCUT2D eigenvalue weighted by molar-refractivity contribution is 0.239. The Labute approximate surface area is 149 Å². The van der Waals surface area contributed by atoms with Gasteiger partial charge < -0.3 is 10.2 Å². The van der Waals surface area contributed by atoms with Gasteiger partial charge in [0.25, 0.3) is 0 Å². The van der Waals surface area contributed by atoms with Crippen LogP contribution < -0.4 is 10.0 Å². The van der Waals surface area contributed by atoms with E-state index in [2.05, 4.69) is 14.9 Å². The highest BCUT2D eigenvalue weighted by atomic mass is 35.5. The van der Waals surface area contributed by atoms with E-state index in [4.69, 9.17) is 0 Å². The molecule has 0 bridgehead atoms. The maximum Gasteiger partial charge on any atom is 0.240 e. The molecule has 23 heavy (non-hydrogen) atoms. The van der Waals surface area contributed by atoms with Crippen LogP contribution in [0.5, 0.6) is 0 Å². The smallest absolute Gasteiger partial charge is 0.240 e. The van der Waals surface area contributed by atoms with Gasteiger partial charge in [0.15, 0.2) is 0 Å². The third-order valence-corrected chi connectivity index (χ3v) is 5.20. The zero-order chi connectivity index (χ0) is 15.3. The van der Waals surface area contributed by atoms with Gasteiger partial charge in [0.2, 0.25) is 10.0 Å². The third-order valence-electron chi connectivity index (χ3n) is 3.58. The van der Waals surface area contributed by atoms with E-state index in [0.717, 1.165) is 39.1 Å². The average molecular weight is 388 g/mol. The monoisotopic (exact) mass is 387 g/mol. The van der Waals surface area contributed by atoms with Crippen LogP contribution in [0.2, 0.25) is 0 Å². The van der Waals surface area contributed by atoms with Crippen molar-refractivity contribution < 1.29 is 12.8 Å². The molecule has 9 heteroatoms. The lowest BCUT2D eigenvalue weighted by Gasteiger charge is -2.27. The fourth-order valence-corrected chi connectivity index (χ4v) is 3.73. The van der Waals surface area contributed by atoms with Crippen molar-refractivity contribution in [1.29, 1.82) is 0 Å². The Balaban J connectivity index is 0.00000242. The van der Waals surface area contributed by atoms with Crippen LogP contribution in [-0.4, -0.2) is 52.6 Å². The summed E-state index contributed by atoms with van der Waals surface area (Å²) >= 11 is 0. The number of halogens is 3. The predicted octanol–water partition coefficient (Wildman–Crippen LogP) is 1.55. The molecule has 5 nitrogen and oxygen atoms in total. The Kier molecular flexibility index (Phi) is 10.2. The van der Waals surface area contributed by atoms with E-state index in [-0.39, 0.29) is 29.7 Å². The average Bonchev–Trinajstić information content (AvgIpc) is 2.44. The van der Waals surface area contributed by atoms with Gasteiger partial charge in [-0.15, -0.1) is 24.8 Å².